The van der Waals surface area contributed by atoms with E-state index < -0.39 is 0 Å². The first-order chi connectivity index (χ1) is 19.6. The fraction of sp³-hybridized carbons (Fsp3) is 0.429. The van der Waals surface area contributed by atoms with E-state index in [0.29, 0.717) is 23.7 Å². The average Bonchev–Trinajstić information content (AvgIpc) is 3.49. The number of benzene rings is 1. The number of nitrogens with one attached hydrogen (secondary N) is 2. The van der Waals surface area contributed by atoms with Gasteiger partial charge in [-0.05, 0) is 48.9 Å². The third-order valence-corrected chi connectivity index (χ3v) is 8.14. The van der Waals surface area contributed by atoms with Crippen LogP contribution >= 0.6 is 0 Å². The molecule has 12 nitrogen and oxygen atoms in total. The molecule has 7 rings (SSSR count). The fourth-order valence-electron chi connectivity index (χ4n) is 5.52. The van der Waals surface area contributed by atoms with Gasteiger partial charge in [0.15, 0.2) is 5.69 Å². The van der Waals surface area contributed by atoms with Gasteiger partial charge in [0.05, 0.1) is 55.1 Å². The van der Waals surface area contributed by atoms with Gasteiger partial charge in [-0.25, -0.2) is 14.6 Å². The quantitative estimate of drug-likeness (QED) is 0.364. The predicted molar refractivity (Wildman–Crippen MR) is 147 cm³/mol. The van der Waals surface area contributed by atoms with Gasteiger partial charge >= 0.3 is 0 Å². The number of carbonyl (C=O) groups is 1. The Morgan fingerprint density at radius 1 is 1.10 bits per heavy atom. The van der Waals surface area contributed by atoms with Crippen LogP contribution in [-0.2, 0) is 18.3 Å². The summed E-state index contributed by atoms with van der Waals surface area (Å²) < 4.78 is 9.06. The number of aromatic nitrogens is 7. The SMILES string of the molecule is Cn1cc(Nc2nccc(-c3ccc4c(c3)CN(C3COC3)CC[C@@H]4NC(=O)c3cn(C4CCC4)nn3)n2)cn1. The number of hydrogen-bond acceptors (Lipinski definition) is 9. The van der Waals surface area contributed by atoms with E-state index in [0.717, 1.165) is 68.1 Å². The molecule has 2 N–H and O–H groups in total. The van der Waals surface area contributed by atoms with Crippen molar-refractivity contribution in [3.8, 4) is 11.3 Å². The van der Waals surface area contributed by atoms with Crippen molar-refractivity contribution < 1.29 is 9.53 Å². The first-order valence-electron chi connectivity index (χ1n) is 13.9. The monoisotopic (exact) mass is 540 g/mol. The number of amides is 1. The standard InChI is InChI=1S/C28H32N10O2/c1-36-14-20(12-30-36)31-28-29-9-7-24(33-28)18-5-6-23-19(11-18)13-37(22-16-40-17-22)10-8-25(23)32-27(39)26-15-38(35-34-26)21-3-2-4-21/h5-7,9,11-12,14-15,21-22,25H,2-4,8,10,13,16-17H2,1H3,(H,32,39)(H,29,31,33)/t25-/m0/s1. The molecule has 1 amide bonds. The minimum Gasteiger partial charge on any atom is -0.378 e. The average molecular weight is 541 g/mol. The minimum atomic E-state index is -0.187. The zero-order valence-corrected chi connectivity index (χ0v) is 22.4. The molecule has 1 saturated carbocycles. The van der Waals surface area contributed by atoms with Crippen molar-refractivity contribution >= 4 is 17.5 Å². The second-order valence-corrected chi connectivity index (χ2v) is 10.9. The number of anilines is 2. The molecule has 2 fully saturated rings. The van der Waals surface area contributed by atoms with E-state index in [1.807, 2.05) is 24.0 Å². The van der Waals surface area contributed by atoms with Crippen molar-refractivity contribution in [1.82, 2.24) is 45.0 Å². The van der Waals surface area contributed by atoms with Gasteiger partial charge in [-0.3, -0.25) is 14.4 Å². The molecule has 1 aromatic carbocycles. The van der Waals surface area contributed by atoms with Gasteiger partial charge in [0.25, 0.3) is 5.91 Å². The Kier molecular flexibility index (Phi) is 6.48. The van der Waals surface area contributed by atoms with E-state index in [1.165, 1.54) is 12.0 Å². The lowest BCUT2D eigenvalue weighted by molar-refractivity contribution is -0.0678. The number of ether oxygens (including phenoxy) is 1. The molecule has 0 unspecified atom stereocenters. The highest BCUT2D eigenvalue weighted by atomic mass is 16.5. The summed E-state index contributed by atoms with van der Waals surface area (Å²) in [6.07, 6.45) is 11.3. The summed E-state index contributed by atoms with van der Waals surface area (Å²) in [5.41, 5.74) is 5.30. The summed E-state index contributed by atoms with van der Waals surface area (Å²) in [7, 11) is 1.87. The number of carbonyl (C=O) groups excluding carboxylic acids is 1. The van der Waals surface area contributed by atoms with Gasteiger partial charge in [0, 0.05) is 38.1 Å². The van der Waals surface area contributed by atoms with Crippen LogP contribution in [0.25, 0.3) is 11.3 Å². The zero-order valence-electron chi connectivity index (χ0n) is 22.4. The maximum absolute atomic E-state index is 13.2. The number of nitrogens with zero attached hydrogens (tertiary/aromatic N) is 8. The molecule has 12 heteroatoms. The lowest BCUT2D eigenvalue weighted by Gasteiger charge is -2.36. The van der Waals surface area contributed by atoms with Gasteiger partial charge in [0.1, 0.15) is 0 Å². The van der Waals surface area contributed by atoms with Crippen molar-refractivity contribution in [2.75, 3.05) is 25.1 Å². The Labute approximate surface area is 231 Å². The van der Waals surface area contributed by atoms with Crippen LogP contribution in [0.15, 0.2) is 49.1 Å². The smallest absolute Gasteiger partial charge is 0.273 e. The molecule has 3 aromatic heterocycles. The van der Waals surface area contributed by atoms with E-state index in [-0.39, 0.29) is 11.9 Å². The number of fused-ring (bicyclic) bond motifs is 1. The van der Waals surface area contributed by atoms with E-state index >= 15 is 0 Å². The highest BCUT2D eigenvalue weighted by Gasteiger charge is 2.32. The first kappa shape index (κ1) is 24.9. The van der Waals surface area contributed by atoms with Crippen LogP contribution in [0.1, 0.15) is 59.4 Å². The van der Waals surface area contributed by atoms with Crippen LogP contribution in [0.3, 0.4) is 0 Å². The molecule has 0 spiro atoms. The molecular formula is C28H32N10O2. The van der Waals surface area contributed by atoms with Crippen LogP contribution in [-0.4, -0.2) is 71.3 Å². The van der Waals surface area contributed by atoms with Gasteiger partial charge in [-0.1, -0.05) is 17.3 Å². The van der Waals surface area contributed by atoms with Gasteiger partial charge < -0.3 is 15.4 Å². The molecule has 1 aliphatic carbocycles. The first-order valence-corrected chi connectivity index (χ1v) is 13.9. The summed E-state index contributed by atoms with van der Waals surface area (Å²) in [4.78, 5) is 24.8. The maximum atomic E-state index is 13.2. The normalized spacial score (nSPS) is 19.8. The Morgan fingerprint density at radius 3 is 2.75 bits per heavy atom. The van der Waals surface area contributed by atoms with Crippen molar-refractivity contribution in [3.05, 3.63) is 65.9 Å². The highest BCUT2D eigenvalue weighted by molar-refractivity contribution is 5.92. The third kappa shape index (κ3) is 4.95. The molecule has 0 bridgehead atoms. The predicted octanol–water partition coefficient (Wildman–Crippen LogP) is 3.01. The zero-order chi connectivity index (χ0) is 27.1. The number of rotatable bonds is 7. The van der Waals surface area contributed by atoms with E-state index in [2.05, 4.69) is 54.1 Å². The Balaban J connectivity index is 1.15. The van der Waals surface area contributed by atoms with E-state index in [4.69, 9.17) is 9.72 Å². The van der Waals surface area contributed by atoms with Gasteiger partial charge in [-0.15, -0.1) is 5.10 Å². The molecule has 5 heterocycles. The van der Waals surface area contributed by atoms with E-state index in [1.54, 1.807) is 23.3 Å². The second-order valence-electron chi connectivity index (χ2n) is 10.9. The molecule has 4 aromatic rings. The molecule has 1 saturated heterocycles. The highest BCUT2D eigenvalue weighted by Crippen LogP contribution is 2.33. The van der Waals surface area contributed by atoms with Crippen LogP contribution in [0, 0.1) is 0 Å². The lowest BCUT2D eigenvalue weighted by Crippen LogP contribution is -2.48. The van der Waals surface area contributed by atoms with Crippen molar-refractivity contribution in [2.45, 2.75) is 50.4 Å². The summed E-state index contributed by atoms with van der Waals surface area (Å²) >= 11 is 0. The molecule has 40 heavy (non-hydrogen) atoms. The molecule has 0 radical (unpaired) electrons. The Bertz CT molecular complexity index is 1520. The number of hydrogen-bond donors (Lipinski definition) is 2. The van der Waals surface area contributed by atoms with Crippen molar-refractivity contribution in [2.24, 2.45) is 7.05 Å². The summed E-state index contributed by atoms with van der Waals surface area (Å²) in [6.45, 7) is 3.13. The van der Waals surface area contributed by atoms with Crippen LogP contribution in [0.5, 0.6) is 0 Å². The molecule has 1 atom stereocenters. The van der Waals surface area contributed by atoms with Gasteiger partial charge in [-0.2, -0.15) is 5.10 Å². The fourth-order valence-corrected chi connectivity index (χ4v) is 5.52. The van der Waals surface area contributed by atoms with Crippen LogP contribution in [0.4, 0.5) is 11.6 Å². The summed E-state index contributed by atoms with van der Waals surface area (Å²) in [5, 5.41) is 19.0. The van der Waals surface area contributed by atoms with Crippen LogP contribution < -0.4 is 10.6 Å². The number of aryl methyl sites for hydroxylation is 1. The van der Waals surface area contributed by atoms with E-state index in [9.17, 15) is 4.79 Å². The Morgan fingerprint density at radius 2 is 2.00 bits per heavy atom. The van der Waals surface area contributed by atoms with Crippen molar-refractivity contribution in [3.63, 3.8) is 0 Å². The molecule has 206 valence electrons. The Hall–Kier alpha value is -4.16. The minimum absolute atomic E-state index is 0.135. The summed E-state index contributed by atoms with van der Waals surface area (Å²) in [5.74, 6) is 0.321. The van der Waals surface area contributed by atoms with Crippen molar-refractivity contribution in [1.29, 1.82) is 0 Å². The summed E-state index contributed by atoms with van der Waals surface area (Å²) in [6, 6.07) is 8.92. The molecule has 3 aliphatic rings. The molecule has 2 aliphatic heterocycles. The third-order valence-electron chi connectivity index (χ3n) is 8.14. The van der Waals surface area contributed by atoms with Crippen LogP contribution in [0.2, 0.25) is 0 Å². The maximum Gasteiger partial charge on any atom is 0.273 e. The molecular weight excluding hydrogens is 508 g/mol. The largest absolute Gasteiger partial charge is 0.378 e. The topological polar surface area (TPSA) is 128 Å². The van der Waals surface area contributed by atoms with Gasteiger partial charge in [0.2, 0.25) is 5.95 Å². The lowest BCUT2D eigenvalue weighted by atomic mass is 9.93. The second kappa shape index (κ2) is 10.4.